The van der Waals surface area contributed by atoms with E-state index in [4.69, 9.17) is 10.2 Å². The molecule has 3 aromatic rings. The topological polar surface area (TPSA) is 40.5 Å². The number of aliphatic hydroxyl groups excluding tert-OH is 2. The number of benzene rings is 3. The van der Waals surface area contributed by atoms with E-state index in [0.717, 1.165) is 0 Å². The summed E-state index contributed by atoms with van der Waals surface area (Å²) >= 11 is 0. The molecule has 0 saturated carbocycles. The van der Waals surface area contributed by atoms with Crippen LogP contribution in [0.1, 0.15) is 27.2 Å². The average Bonchev–Trinajstić information content (AvgIpc) is 2.72. The van der Waals surface area contributed by atoms with Crippen LogP contribution >= 0.6 is 7.92 Å². The van der Waals surface area contributed by atoms with Crippen LogP contribution in [-0.2, 0) is 16.5 Å². The van der Waals surface area contributed by atoms with Crippen molar-refractivity contribution in [3.05, 3.63) is 97.9 Å². The molecule has 29 heavy (non-hydrogen) atoms. The first kappa shape index (κ1) is 27.5. The molecule has 0 radical (unpaired) electrons. The van der Waals surface area contributed by atoms with Crippen LogP contribution in [0.4, 0.5) is 0 Å². The van der Waals surface area contributed by atoms with Crippen LogP contribution in [0.25, 0.3) is 0 Å². The molecule has 0 bridgehead atoms. The van der Waals surface area contributed by atoms with Gasteiger partial charge < -0.3 is 17.1 Å². The van der Waals surface area contributed by atoms with Crippen LogP contribution in [0.5, 0.6) is 0 Å². The van der Waals surface area contributed by atoms with Gasteiger partial charge in [-0.3, -0.25) is 0 Å². The second-order valence-electron chi connectivity index (χ2n) is 6.41. The van der Waals surface area contributed by atoms with Crippen molar-refractivity contribution < 1.29 is 26.7 Å². The van der Waals surface area contributed by atoms with E-state index in [1.807, 2.05) is 0 Å². The van der Waals surface area contributed by atoms with Crippen LogP contribution in [0.2, 0.25) is 0 Å². The fourth-order valence-corrected chi connectivity index (χ4v) is 5.39. The Hall–Kier alpha value is -1.50. The molecule has 0 aliphatic heterocycles. The summed E-state index contributed by atoms with van der Waals surface area (Å²) in [6.45, 7) is 8.32. The van der Waals surface area contributed by atoms with Crippen molar-refractivity contribution in [2.24, 2.45) is 0 Å². The summed E-state index contributed by atoms with van der Waals surface area (Å²) in [7, 11) is -0.877. The number of hydrogen-bond acceptors (Lipinski definition) is 2. The zero-order chi connectivity index (χ0) is 20.8. The molecule has 0 amide bonds. The molecule has 3 rings (SSSR count). The van der Waals surface area contributed by atoms with Gasteiger partial charge in [0.15, 0.2) is 0 Å². The smallest absolute Gasteiger partial charge is 0.102 e. The Morgan fingerprint density at radius 3 is 1.03 bits per heavy atom. The minimum atomic E-state index is -0.877. The summed E-state index contributed by atoms with van der Waals surface area (Å²) < 4.78 is 0. The molecule has 0 aromatic heterocycles. The van der Waals surface area contributed by atoms with Crippen molar-refractivity contribution in [3.8, 4) is 0 Å². The Bertz CT molecular complexity index is 635. The maximum absolute atomic E-state index is 8.56. The first-order valence-electron chi connectivity index (χ1n) is 9.68. The van der Waals surface area contributed by atoms with Crippen molar-refractivity contribution in [1.29, 1.82) is 0 Å². The number of hydrogen-bond donors (Lipinski definition) is 2. The molecule has 2 nitrogen and oxygen atoms in total. The Morgan fingerprint density at radius 2 is 0.862 bits per heavy atom. The normalized spacial score (nSPS) is 11.7. The van der Waals surface area contributed by atoms with E-state index in [1.165, 1.54) is 15.9 Å². The van der Waals surface area contributed by atoms with Crippen LogP contribution in [0, 0.1) is 6.92 Å². The Kier molecular flexibility index (Phi) is 15.5. The molecule has 0 fully saturated rings. The van der Waals surface area contributed by atoms with Crippen molar-refractivity contribution >= 4 is 23.8 Å². The van der Waals surface area contributed by atoms with E-state index in [0.29, 0.717) is 6.42 Å². The maximum atomic E-state index is 8.56. The molecule has 4 heteroatoms. The average molecular weight is 455 g/mol. The van der Waals surface area contributed by atoms with E-state index in [9.17, 15) is 0 Å². The van der Waals surface area contributed by atoms with Gasteiger partial charge in [0.2, 0.25) is 0 Å². The molecule has 0 saturated heterocycles. The Balaban J connectivity index is 0.000000675. The van der Waals surface area contributed by atoms with Gasteiger partial charge in [0.05, 0.1) is 20.1 Å². The second kappa shape index (κ2) is 16.3. The molecule has 0 heterocycles. The fraction of sp³-hybridized carbons (Fsp3) is 0.240. The number of aliphatic hydroxyl groups is 2. The van der Waals surface area contributed by atoms with Gasteiger partial charge >= 0.3 is 0 Å². The standard InChI is InChI=1S/C18H15P.C5H12O2.C2H5.Ni/c1-4-10-16(11-5-1)19(17-12-6-2-7-13-17)18-14-8-3-9-15-18;1-4(6)3-5(2)7;1-2;/h1-15H;4-7H,3H2,1-2H3;1H2,2H3;/q;;-1;/p+1. The van der Waals surface area contributed by atoms with Gasteiger partial charge in [-0.25, -0.2) is 0 Å². The van der Waals surface area contributed by atoms with E-state index in [-0.39, 0.29) is 28.7 Å². The molecule has 2 atom stereocenters. The third kappa shape index (κ3) is 10.7. The van der Waals surface area contributed by atoms with Crippen LogP contribution in [0.3, 0.4) is 0 Å². The van der Waals surface area contributed by atoms with Gasteiger partial charge in [-0.15, -0.1) is 0 Å². The van der Waals surface area contributed by atoms with Crippen molar-refractivity contribution in [2.45, 2.75) is 39.4 Å². The third-order valence-electron chi connectivity index (χ3n) is 3.87. The number of rotatable bonds is 5. The Labute approximate surface area is 187 Å². The molecule has 0 aliphatic rings. The van der Waals surface area contributed by atoms with E-state index >= 15 is 0 Å². The zero-order valence-electron chi connectivity index (χ0n) is 17.4. The van der Waals surface area contributed by atoms with Crippen LogP contribution in [0.15, 0.2) is 91.0 Å². The summed E-state index contributed by atoms with van der Waals surface area (Å²) in [5.74, 6) is 0. The van der Waals surface area contributed by atoms with E-state index in [2.05, 4.69) is 97.9 Å². The molecular formula is C25H33NiO2P. The second-order valence-corrected chi connectivity index (χ2v) is 8.89. The van der Waals surface area contributed by atoms with E-state index in [1.54, 1.807) is 20.8 Å². The molecule has 2 N–H and O–H groups in total. The largest absolute Gasteiger partial charge is 0.393 e. The van der Waals surface area contributed by atoms with Gasteiger partial charge in [0.25, 0.3) is 0 Å². The molecule has 0 aliphatic carbocycles. The minimum Gasteiger partial charge on any atom is -0.393 e. The molecule has 0 spiro atoms. The van der Waals surface area contributed by atoms with Gasteiger partial charge in [-0.05, 0) is 56.7 Å². The van der Waals surface area contributed by atoms with Crippen LogP contribution < -0.4 is 15.9 Å². The zero-order valence-corrected chi connectivity index (χ0v) is 19.4. The summed E-state index contributed by atoms with van der Waals surface area (Å²) in [6, 6.07) is 32.5. The van der Waals surface area contributed by atoms with Crippen LogP contribution in [-0.4, -0.2) is 22.4 Å². The first-order chi connectivity index (χ1) is 13.6. The first-order valence-corrected chi connectivity index (χ1v) is 11.2. The predicted molar refractivity (Wildman–Crippen MR) is 126 cm³/mol. The third-order valence-corrected chi connectivity index (χ3v) is 6.60. The summed E-state index contributed by atoms with van der Waals surface area (Å²) in [5, 5.41) is 21.4. The van der Waals surface area contributed by atoms with Crippen molar-refractivity contribution in [2.75, 3.05) is 0 Å². The molecule has 3 aromatic carbocycles. The monoisotopic (exact) mass is 454 g/mol. The summed E-state index contributed by atoms with van der Waals surface area (Å²) in [5.41, 5.74) is 0. The van der Waals surface area contributed by atoms with Crippen molar-refractivity contribution in [1.82, 2.24) is 0 Å². The van der Waals surface area contributed by atoms with Gasteiger partial charge in [-0.1, -0.05) is 54.6 Å². The van der Waals surface area contributed by atoms with Gasteiger partial charge in [0.1, 0.15) is 15.9 Å². The van der Waals surface area contributed by atoms with E-state index < -0.39 is 7.92 Å². The fourth-order valence-electron chi connectivity index (χ4n) is 2.81. The van der Waals surface area contributed by atoms with Gasteiger partial charge in [-0.2, -0.15) is 6.92 Å². The molecule has 2 unspecified atom stereocenters. The maximum Gasteiger partial charge on any atom is 0.102 e. The van der Waals surface area contributed by atoms with Gasteiger partial charge in [0, 0.05) is 16.5 Å². The Morgan fingerprint density at radius 1 is 0.621 bits per heavy atom. The summed E-state index contributed by atoms with van der Waals surface area (Å²) in [4.78, 5) is 0. The molecular weight excluding hydrogens is 422 g/mol. The minimum absolute atomic E-state index is 0. The quantitative estimate of drug-likeness (QED) is 0.345. The SMILES string of the molecule is CC(O)CC(C)O.[CH2-]C.[Ni].c1ccc([PH+](c2ccccc2)c2ccccc2)cc1. The predicted octanol–water partition coefficient (Wildman–Crippen LogP) is 4.15. The molecule has 160 valence electrons. The summed E-state index contributed by atoms with van der Waals surface area (Å²) in [6.07, 6.45) is -0.278. The van der Waals surface area contributed by atoms with Crippen molar-refractivity contribution in [3.63, 3.8) is 0 Å².